The van der Waals surface area contributed by atoms with Crippen LogP contribution in [0.1, 0.15) is 24.2 Å². The molecule has 1 N–H and O–H groups in total. The molecule has 0 aliphatic rings. The first-order chi connectivity index (χ1) is 7.65. The molecule has 16 heavy (non-hydrogen) atoms. The van der Waals surface area contributed by atoms with Crippen LogP contribution in [-0.4, -0.2) is 17.2 Å². The number of benzene rings is 1. The molecule has 0 amide bonds. The molecule has 1 aromatic heterocycles. The number of aliphatic hydroxyl groups excluding tert-OH is 1. The van der Waals surface area contributed by atoms with Crippen molar-refractivity contribution in [2.24, 2.45) is 0 Å². The molecule has 0 fully saturated rings. The second kappa shape index (κ2) is 4.10. The fourth-order valence-corrected chi connectivity index (χ4v) is 1.95. The van der Waals surface area contributed by atoms with Crippen molar-refractivity contribution in [2.45, 2.75) is 20.0 Å². The van der Waals surface area contributed by atoms with Gasteiger partial charge in [0.25, 0.3) is 0 Å². The number of ether oxygens (including phenoxy) is 1. The number of nitrogens with zero attached hydrogens (tertiary/aromatic N) is 1. The SMILES string of the molecule is COc1ccc(C(C)O)c2c(C)ccnc12. The van der Waals surface area contributed by atoms with Crippen molar-refractivity contribution in [2.75, 3.05) is 7.11 Å². The zero-order valence-electron chi connectivity index (χ0n) is 9.69. The van der Waals surface area contributed by atoms with Crippen molar-refractivity contribution in [3.05, 3.63) is 35.5 Å². The summed E-state index contributed by atoms with van der Waals surface area (Å²) in [5.74, 6) is 0.739. The summed E-state index contributed by atoms with van der Waals surface area (Å²) >= 11 is 0. The van der Waals surface area contributed by atoms with Gasteiger partial charge in [-0.2, -0.15) is 0 Å². The van der Waals surface area contributed by atoms with Crippen molar-refractivity contribution in [3.63, 3.8) is 0 Å². The smallest absolute Gasteiger partial charge is 0.145 e. The van der Waals surface area contributed by atoms with Crippen LogP contribution >= 0.6 is 0 Å². The van der Waals surface area contributed by atoms with Gasteiger partial charge in [-0.15, -0.1) is 0 Å². The maximum Gasteiger partial charge on any atom is 0.145 e. The third-order valence-electron chi connectivity index (χ3n) is 2.77. The summed E-state index contributed by atoms with van der Waals surface area (Å²) < 4.78 is 5.27. The lowest BCUT2D eigenvalue weighted by Crippen LogP contribution is -1.97. The summed E-state index contributed by atoms with van der Waals surface area (Å²) in [6.45, 7) is 3.77. The van der Waals surface area contributed by atoms with Crippen LogP contribution in [0.25, 0.3) is 10.9 Å². The minimum Gasteiger partial charge on any atom is -0.494 e. The summed E-state index contributed by atoms with van der Waals surface area (Å²) in [6.07, 6.45) is 1.25. The molecule has 1 aromatic carbocycles. The second-order valence-corrected chi connectivity index (χ2v) is 3.88. The van der Waals surface area contributed by atoms with Gasteiger partial charge in [0.1, 0.15) is 11.3 Å². The summed E-state index contributed by atoms with van der Waals surface area (Å²) in [5, 5.41) is 10.7. The number of aryl methyl sites for hydroxylation is 1. The highest BCUT2D eigenvalue weighted by Gasteiger charge is 2.12. The topological polar surface area (TPSA) is 42.4 Å². The molecule has 0 saturated carbocycles. The van der Waals surface area contributed by atoms with Crippen LogP contribution in [0.4, 0.5) is 0 Å². The number of hydrogen-bond donors (Lipinski definition) is 1. The molecule has 1 heterocycles. The van der Waals surface area contributed by atoms with Gasteiger partial charge in [0.2, 0.25) is 0 Å². The molecule has 84 valence electrons. The molecule has 0 aliphatic carbocycles. The zero-order valence-corrected chi connectivity index (χ0v) is 9.69. The van der Waals surface area contributed by atoms with Crippen molar-refractivity contribution < 1.29 is 9.84 Å². The van der Waals surface area contributed by atoms with E-state index in [1.54, 1.807) is 20.2 Å². The predicted molar refractivity (Wildman–Crippen MR) is 63.7 cm³/mol. The zero-order chi connectivity index (χ0) is 11.7. The average Bonchev–Trinajstić information content (AvgIpc) is 2.28. The molecule has 1 atom stereocenters. The lowest BCUT2D eigenvalue weighted by Gasteiger charge is -2.13. The normalized spacial score (nSPS) is 12.8. The Morgan fingerprint density at radius 1 is 1.31 bits per heavy atom. The van der Waals surface area contributed by atoms with E-state index < -0.39 is 6.10 Å². The van der Waals surface area contributed by atoms with Gasteiger partial charge in [0.05, 0.1) is 13.2 Å². The van der Waals surface area contributed by atoms with E-state index in [1.165, 1.54) is 0 Å². The van der Waals surface area contributed by atoms with E-state index >= 15 is 0 Å². The Morgan fingerprint density at radius 3 is 2.69 bits per heavy atom. The number of methoxy groups -OCH3 is 1. The van der Waals surface area contributed by atoms with E-state index in [-0.39, 0.29) is 0 Å². The van der Waals surface area contributed by atoms with E-state index in [0.29, 0.717) is 0 Å². The summed E-state index contributed by atoms with van der Waals surface area (Å²) in [4.78, 5) is 4.32. The maximum atomic E-state index is 9.74. The molecular formula is C13H15NO2. The van der Waals surface area contributed by atoms with Gasteiger partial charge in [-0.05, 0) is 37.1 Å². The first kappa shape index (κ1) is 10.9. The quantitative estimate of drug-likeness (QED) is 0.840. The van der Waals surface area contributed by atoms with Gasteiger partial charge in [0.15, 0.2) is 0 Å². The molecule has 1 unspecified atom stereocenters. The van der Waals surface area contributed by atoms with E-state index in [2.05, 4.69) is 4.98 Å². The number of pyridine rings is 1. The van der Waals surface area contributed by atoms with Gasteiger partial charge < -0.3 is 9.84 Å². The molecule has 0 bridgehead atoms. The Bertz CT molecular complexity index is 521. The van der Waals surface area contributed by atoms with Crippen LogP contribution in [0.3, 0.4) is 0 Å². The van der Waals surface area contributed by atoms with Crippen LogP contribution in [0.15, 0.2) is 24.4 Å². The minimum atomic E-state index is -0.503. The molecule has 3 heteroatoms. The van der Waals surface area contributed by atoms with Crippen molar-refractivity contribution in [3.8, 4) is 5.75 Å². The molecule has 0 saturated heterocycles. The highest BCUT2D eigenvalue weighted by Crippen LogP contribution is 2.31. The van der Waals surface area contributed by atoms with Crippen LogP contribution in [-0.2, 0) is 0 Å². The fraction of sp³-hybridized carbons (Fsp3) is 0.308. The Kier molecular flexibility index (Phi) is 2.79. The molecular weight excluding hydrogens is 202 g/mol. The number of hydrogen-bond acceptors (Lipinski definition) is 3. The Morgan fingerprint density at radius 2 is 2.06 bits per heavy atom. The highest BCUT2D eigenvalue weighted by atomic mass is 16.5. The van der Waals surface area contributed by atoms with Crippen molar-refractivity contribution in [1.29, 1.82) is 0 Å². The average molecular weight is 217 g/mol. The number of aromatic nitrogens is 1. The fourth-order valence-electron chi connectivity index (χ4n) is 1.95. The van der Waals surface area contributed by atoms with E-state index in [4.69, 9.17) is 4.74 Å². The highest BCUT2D eigenvalue weighted by molar-refractivity contribution is 5.90. The molecule has 0 spiro atoms. The van der Waals surface area contributed by atoms with Crippen LogP contribution in [0.5, 0.6) is 5.75 Å². The van der Waals surface area contributed by atoms with Gasteiger partial charge in [-0.25, -0.2) is 0 Å². The van der Waals surface area contributed by atoms with Crippen LogP contribution in [0, 0.1) is 6.92 Å². The minimum absolute atomic E-state index is 0.503. The number of rotatable bonds is 2. The number of aliphatic hydroxyl groups is 1. The van der Waals surface area contributed by atoms with Crippen LogP contribution < -0.4 is 4.74 Å². The molecule has 2 rings (SSSR count). The standard InChI is InChI=1S/C13H15NO2/c1-8-6-7-14-13-11(16-3)5-4-10(9(2)15)12(8)13/h4-7,9,15H,1-3H3. The van der Waals surface area contributed by atoms with Gasteiger partial charge >= 0.3 is 0 Å². The first-order valence-electron chi connectivity index (χ1n) is 5.25. The molecule has 3 nitrogen and oxygen atoms in total. The van der Waals surface area contributed by atoms with Gasteiger partial charge in [-0.1, -0.05) is 6.07 Å². The largest absolute Gasteiger partial charge is 0.494 e. The molecule has 2 aromatic rings. The lowest BCUT2D eigenvalue weighted by molar-refractivity contribution is 0.201. The maximum absolute atomic E-state index is 9.74. The number of fused-ring (bicyclic) bond motifs is 1. The first-order valence-corrected chi connectivity index (χ1v) is 5.25. The van der Waals surface area contributed by atoms with Gasteiger partial charge in [0, 0.05) is 11.6 Å². The van der Waals surface area contributed by atoms with Crippen molar-refractivity contribution in [1.82, 2.24) is 4.98 Å². The Labute approximate surface area is 94.7 Å². The van der Waals surface area contributed by atoms with Crippen molar-refractivity contribution >= 4 is 10.9 Å². The third-order valence-corrected chi connectivity index (χ3v) is 2.77. The van der Waals surface area contributed by atoms with E-state index in [0.717, 1.165) is 27.8 Å². The predicted octanol–water partition coefficient (Wildman–Crippen LogP) is 2.61. The summed E-state index contributed by atoms with van der Waals surface area (Å²) in [6, 6.07) is 5.67. The Hall–Kier alpha value is -1.61. The lowest BCUT2D eigenvalue weighted by atomic mass is 10.00. The summed E-state index contributed by atoms with van der Waals surface area (Å²) in [5.41, 5.74) is 2.79. The Balaban J connectivity index is 2.86. The summed E-state index contributed by atoms with van der Waals surface area (Å²) in [7, 11) is 1.63. The van der Waals surface area contributed by atoms with E-state index in [1.807, 2.05) is 25.1 Å². The second-order valence-electron chi connectivity index (χ2n) is 3.88. The van der Waals surface area contributed by atoms with Crippen LogP contribution in [0.2, 0.25) is 0 Å². The monoisotopic (exact) mass is 217 g/mol. The molecule has 0 aliphatic heterocycles. The van der Waals surface area contributed by atoms with E-state index in [9.17, 15) is 5.11 Å². The van der Waals surface area contributed by atoms with Gasteiger partial charge in [-0.3, -0.25) is 4.98 Å². The molecule has 0 radical (unpaired) electrons. The third kappa shape index (κ3) is 1.63.